The van der Waals surface area contributed by atoms with Crippen molar-refractivity contribution in [3.05, 3.63) is 35.9 Å². The minimum absolute atomic E-state index is 0.748. The second kappa shape index (κ2) is 5.48. The zero-order valence-electron chi connectivity index (χ0n) is 14.5. The van der Waals surface area contributed by atoms with Crippen LogP contribution >= 0.6 is 0 Å². The highest BCUT2D eigenvalue weighted by Gasteiger charge is 2.21. The first-order valence-corrected chi connectivity index (χ1v) is 8.07. The van der Waals surface area contributed by atoms with E-state index in [9.17, 15) is 0 Å². The Morgan fingerprint density at radius 2 is 1.71 bits per heavy atom. The van der Waals surface area contributed by atoms with Gasteiger partial charge in [-0.3, -0.25) is 0 Å². The SMILES string of the molecule is COc1cc2c3c(cc4c(OC)c(OC)ccc4c3c1)N(C)CC2. The van der Waals surface area contributed by atoms with E-state index in [-0.39, 0.29) is 0 Å². The number of nitrogens with zero attached hydrogens (tertiary/aromatic N) is 1. The second-order valence-corrected chi connectivity index (χ2v) is 6.17. The summed E-state index contributed by atoms with van der Waals surface area (Å²) in [5, 5.41) is 4.72. The summed E-state index contributed by atoms with van der Waals surface area (Å²) in [6.07, 6.45) is 1.02. The average Bonchev–Trinajstić information content (AvgIpc) is 2.62. The first kappa shape index (κ1) is 14.9. The number of rotatable bonds is 3. The Hall–Kier alpha value is -2.62. The quantitative estimate of drug-likeness (QED) is 0.682. The largest absolute Gasteiger partial charge is 0.497 e. The molecule has 0 saturated carbocycles. The Morgan fingerprint density at radius 1 is 0.875 bits per heavy atom. The van der Waals surface area contributed by atoms with Crippen LogP contribution in [0.25, 0.3) is 21.5 Å². The lowest BCUT2D eigenvalue weighted by Gasteiger charge is -2.29. The van der Waals surface area contributed by atoms with E-state index in [1.165, 1.54) is 22.0 Å². The molecule has 4 rings (SSSR count). The highest BCUT2D eigenvalue weighted by molar-refractivity contribution is 6.17. The summed E-state index contributed by atoms with van der Waals surface area (Å²) in [6, 6.07) is 10.6. The van der Waals surface area contributed by atoms with Gasteiger partial charge < -0.3 is 19.1 Å². The second-order valence-electron chi connectivity index (χ2n) is 6.17. The van der Waals surface area contributed by atoms with Crippen LogP contribution in [0.2, 0.25) is 0 Å². The minimum Gasteiger partial charge on any atom is -0.497 e. The zero-order chi connectivity index (χ0) is 16.8. The number of ether oxygens (including phenoxy) is 3. The highest BCUT2D eigenvalue weighted by atomic mass is 16.5. The van der Waals surface area contributed by atoms with Gasteiger partial charge in [-0.15, -0.1) is 0 Å². The molecule has 0 aliphatic carbocycles. The van der Waals surface area contributed by atoms with E-state index in [4.69, 9.17) is 14.2 Å². The van der Waals surface area contributed by atoms with Crippen molar-refractivity contribution in [3.63, 3.8) is 0 Å². The van der Waals surface area contributed by atoms with Crippen molar-refractivity contribution in [1.82, 2.24) is 0 Å². The third kappa shape index (κ3) is 1.99. The van der Waals surface area contributed by atoms with Gasteiger partial charge in [0, 0.05) is 30.1 Å². The van der Waals surface area contributed by atoms with Gasteiger partial charge in [0.2, 0.25) is 0 Å². The maximum absolute atomic E-state index is 5.66. The summed E-state index contributed by atoms with van der Waals surface area (Å²) in [6.45, 7) is 0.993. The number of methoxy groups -OCH3 is 3. The lowest BCUT2D eigenvalue weighted by molar-refractivity contribution is 0.358. The fourth-order valence-corrected chi connectivity index (χ4v) is 3.75. The van der Waals surface area contributed by atoms with Crippen molar-refractivity contribution in [3.8, 4) is 17.2 Å². The van der Waals surface area contributed by atoms with Crippen molar-refractivity contribution >= 4 is 27.2 Å². The molecule has 124 valence electrons. The fraction of sp³-hybridized carbons (Fsp3) is 0.300. The van der Waals surface area contributed by atoms with Crippen LogP contribution in [-0.4, -0.2) is 34.9 Å². The van der Waals surface area contributed by atoms with Crippen molar-refractivity contribution in [2.75, 3.05) is 39.8 Å². The van der Waals surface area contributed by atoms with E-state index < -0.39 is 0 Å². The standard InChI is InChI=1S/C20H21NO3/c1-21-8-7-12-9-13(22-2)10-15-14-5-6-18(23-3)20(24-4)16(14)11-17(21)19(12)15/h5-6,9-11H,7-8H2,1-4H3. The van der Waals surface area contributed by atoms with Crippen molar-refractivity contribution in [1.29, 1.82) is 0 Å². The molecule has 0 atom stereocenters. The van der Waals surface area contributed by atoms with Crippen LogP contribution in [0.15, 0.2) is 30.3 Å². The summed E-state index contributed by atoms with van der Waals surface area (Å²) in [5.74, 6) is 2.42. The monoisotopic (exact) mass is 323 g/mol. The Morgan fingerprint density at radius 3 is 2.42 bits per heavy atom. The molecular formula is C20H21NO3. The molecule has 0 amide bonds. The molecule has 3 aromatic rings. The van der Waals surface area contributed by atoms with Crippen molar-refractivity contribution in [2.45, 2.75) is 6.42 Å². The normalized spacial score (nSPS) is 13.4. The van der Waals surface area contributed by atoms with E-state index in [0.29, 0.717) is 0 Å². The molecule has 1 aliphatic rings. The van der Waals surface area contributed by atoms with E-state index >= 15 is 0 Å². The summed E-state index contributed by atoms with van der Waals surface area (Å²) in [4.78, 5) is 2.31. The van der Waals surface area contributed by atoms with E-state index in [1.807, 2.05) is 6.07 Å². The topological polar surface area (TPSA) is 30.9 Å². The molecule has 4 heteroatoms. The van der Waals surface area contributed by atoms with E-state index in [1.54, 1.807) is 21.3 Å². The Kier molecular flexibility index (Phi) is 3.41. The average molecular weight is 323 g/mol. The third-order valence-electron chi connectivity index (χ3n) is 4.97. The van der Waals surface area contributed by atoms with Crippen LogP contribution in [0, 0.1) is 0 Å². The maximum atomic E-state index is 5.66. The molecule has 0 aromatic heterocycles. The Labute approximate surface area is 141 Å². The molecule has 0 spiro atoms. The predicted molar refractivity (Wildman–Crippen MR) is 98.1 cm³/mol. The zero-order valence-corrected chi connectivity index (χ0v) is 14.5. The van der Waals surface area contributed by atoms with Gasteiger partial charge in [-0.2, -0.15) is 0 Å². The Balaban J connectivity index is 2.21. The molecule has 1 heterocycles. The molecule has 0 unspecified atom stereocenters. The molecular weight excluding hydrogens is 302 g/mol. The van der Waals surface area contributed by atoms with Crippen LogP contribution in [0.4, 0.5) is 5.69 Å². The van der Waals surface area contributed by atoms with Crippen LogP contribution in [0.3, 0.4) is 0 Å². The minimum atomic E-state index is 0.748. The molecule has 0 fully saturated rings. The smallest absolute Gasteiger partial charge is 0.168 e. The van der Waals surface area contributed by atoms with Crippen LogP contribution in [0.5, 0.6) is 17.2 Å². The molecule has 4 nitrogen and oxygen atoms in total. The maximum Gasteiger partial charge on any atom is 0.168 e. The highest BCUT2D eigenvalue weighted by Crippen LogP contribution is 2.45. The summed E-state index contributed by atoms with van der Waals surface area (Å²) in [5.41, 5.74) is 2.57. The molecule has 0 radical (unpaired) electrons. The number of hydrogen-bond acceptors (Lipinski definition) is 4. The fourth-order valence-electron chi connectivity index (χ4n) is 3.75. The molecule has 0 bridgehead atoms. The molecule has 1 aliphatic heterocycles. The van der Waals surface area contributed by atoms with Gasteiger partial charge in [-0.25, -0.2) is 0 Å². The van der Waals surface area contributed by atoms with Crippen LogP contribution < -0.4 is 19.1 Å². The van der Waals surface area contributed by atoms with E-state index in [0.717, 1.165) is 41.0 Å². The van der Waals surface area contributed by atoms with Crippen molar-refractivity contribution < 1.29 is 14.2 Å². The van der Waals surface area contributed by atoms with Gasteiger partial charge in [0.05, 0.1) is 21.3 Å². The molecule has 24 heavy (non-hydrogen) atoms. The van der Waals surface area contributed by atoms with Crippen molar-refractivity contribution in [2.24, 2.45) is 0 Å². The number of hydrogen-bond donors (Lipinski definition) is 0. The Bertz CT molecular complexity index is 949. The van der Waals surface area contributed by atoms with Gasteiger partial charge >= 0.3 is 0 Å². The number of benzene rings is 3. The number of fused-ring (bicyclic) bond motifs is 2. The van der Waals surface area contributed by atoms with Gasteiger partial charge in [0.1, 0.15) is 5.75 Å². The van der Waals surface area contributed by atoms with Crippen LogP contribution in [-0.2, 0) is 6.42 Å². The first-order chi connectivity index (χ1) is 11.7. The van der Waals surface area contributed by atoms with Gasteiger partial charge in [0.15, 0.2) is 11.5 Å². The van der Waals surface area contributed by atoms with E-state index in [2.05, 4.69) is 36.2 Å². The predicted octanol–water partition coefficient (Wildman–Crippen LogP) is 4.01. The van der Waals surface area contributed by atoms with Gasteiger partial charge in [0.25, 0.3) is 0 Å². The summed E-state index contributed by atoms with van der Waals surface area (Å²) in [7, 11) is 7.22. The first-order valence-electron chi connectivity index (χ1n) is 8.07. The van der Waals surface area contributed by atoms with Gasteiger partial charge in [-0.1, -0.05) is 0 Å². The lowest BCUT2D eigenvalue weighted by Crippen LogP contribution is -2.24. The number of likely N-dealkylation sites (N-methyl/N-ethyl adjacent to an activating group) is 1. The van der Waals surface area contributed by atoms with Crippen LogP contribution in [0.1, 0.15) is 5.56 Å². The third-order valence-corrected chi connectivity index (χ3v) is 4.97. The summed E-state index contributed by atoms with van der Waals surface area (Å²) < 4.78 is 16.7. The molecule has 0 N–H and O–H groups in total. The summed E-state index contributed by atoms with van der Waals surface area (Å²) >= 11 is 0. The van der Waals surface area contributed by atoms with Gasteiger partial charge in [-0.05, 0) is 53.1 Å². The lowest BCUT2D eigenvalue weighted by atomic mass is 9.91. The number of anilines is 1. The molecule has 0 saturated heterocycles. The molecule has 3 aromatic carbocycles.